The summed E-state index contributed by atoms with van der Waals surface area (Å²) in [7, 11) is -3.59. The Kier molecular flexibility index (Phi) is 0.329. The number of hydrogen-bond acceptors (Lipinski definition) is 3. The second kappa shape index (κ2) is 0.558. The number of rotatable bonds is 0. The number of hydrogen-bond donors (Lipinski definition) is 0. The van der Waals surface area contributed by atoms with Crippen LogP contribution in [0.4, 0.5) is 0 Å². The van der Waals surface area contributed by atoms with E-state index in [1.165, 1.54) is 0 Å². The lowest BCUT2D eigenvalue weighted by atomic mass is 13.1. The summed E-state index contributed by atoms with van der Waals surface area (Å²) in [6, 6.07) is 0. The minimum atomic E-state index is -3.59. The zero-order valence-corrected chi connectivity index (χ0v) is 3.34. The standard InChI is InChI=1S/N2O3S/c3-2-1-6(2,4)5. The summed E-state index contributed by atoms with van der Waals surface area (Å²) < 4.78 is 21.1. The molecule has 0 atom stereocenters. The molecule has 0 aliphatic carbocycles. The van der Waals surface area contributed by atoms with Crippen LogP contribution in [0.3, 0.4) is 0 Å². The zero-order valence-electron chi connectivity index (χ0n) is 2.53. The topological polar surface area (TPSA) is 72.6 Å². The smallest absolute Gasteiger partial charge is 0.580 e. The van der Waals surface area contributed by atoms with E-state index < -0.39 is 10.2 Å². The van der Waals surface area contributed by atoms with Gasteiger partial charge < -0.3 is 5.21 Å². The molecular formula is N2O3S. The largest absolute Gasteiger partial charge is 0.581 e. The van der Waals surface area contributed by atoms with Gasteiger partial charge in [-0.3, -0.25) is 0 Å². The van der Waals surface area contributed by atoms with Gasteiger partial charge in [0.15, 0.2) is 4.52 Å². The van der Waals surface area contributed by atoms with E-state index in [0.29, 0.717) is 0 Å². The second-order valence-electron chi connectivity index (χ2n) is 0.767. The van der Waals surface area contributed by atoms with Gasteiger partial charge in [0.1, 0.15) is 0 Å². The van der Waals surface area contributed by atoms with Crippen LogP contribution in [0.2, 0.25) is 0 Å². The SMILES string of the molecule is O=S1(=O)N=[N+]1[O-]. The molecule has 0 unspecified atom stereocenters. The quantitative estimate of drug-likeness (QED) is 0.301. The maximum atomic E-state index is 9.52. The molecule has 0 radical (unpaired) electrons. The molecule has 1 heterocycles. The van der Waals surface area contributed by atoms with Gasteiger partial charge >= 0.3 is 10.2 Å². The summed E-state index contributed by atoms with van der Waals surface area (Å²) in [5.41, 5.74) is 0. The Balaban J connectivity index is 3.07. The summed E-state index contributed by atoms with van der Waals surface area (Å²) in [6.07, 6.45) is 0. The van der Waals surface area contributed by atoms with Gasteiger partial charge in [0.25, 0.3) is 0 Å². The molecule has 0 saturated heterocycles. The molecule has 1 aliphatic rings. The van der Waals surface area contributed by atoms with Gasteiger partial charge in [0, 0.05) is 0 Å². The summed E-state index contributed by atoms with van der Waals surface area (Å²) in [4.78, 5) is 0. The van der Waals surface area contributed by atoms with Crippen LogP contribution in [-0.4, -0.2) is 12.7 Å². The minimum Gasteiger partial charge on any atom is -0.581 e. The first-order valence-corrected chi connectivity index (χ1v) is 2.48. The highest BCUT2D eigenvalue weighted by Gasteiger charge is 2.41. The molecule has 0 bridgehead atoms. The van der Waals surface area contributed by atoms with Crippen molar-refractivity contribution < 1.29 is 12.7 Å². The lowest BCUT2D eigenvalue weighted by molar-refractivity contribution is -0.284. The summed E-state index contributed by atoms with van der Waals surface area (Å²) in [5, 5.41) is 9.37. The molecule has 6 heavy (non-hydrogen) atoms. The highest BCUT2D eigenvalue weighted by Crippen LogP contribution is 2.08. The maximum Gasteiger partial charge on any atom is 0.580 e. The van der Waals surface area contributed by atoms with Gasteiger partial charge in [0.05, 0.1) is 4.27 Å². The molecule has 1 aliphatic heterocycles. The molecule has 0 amide bonds. The summed E-state index contributed by atoms with van der Waals surface area (Å²) in [6.45, 7) is 0. The van der Waals surface area contributed by atoms with E-state index in [4.69, 9.17) is 0 Å². The molecule has 0 fully saturated rings. The van der Waals surface area contributed by atoms with E-state index in [1.807, 2.05) is 0 Å². The fourth-order valence-corrected chi connectivity index (χ4v) is 0.371. The lowest BCUT2D eigenvalue weighted by Gasteiger charge is -1.59. The van der Waals surface area contributed by atoms with Crippen molar-refractivity contribution in [3.05, 3.63) is 5.21 Å². The average Bonchev–Trinajstić information content (AvgIpc) is 1.73. The predicted molar refractivity (Wildman–Crippen MR) is 15.0 cm³/mol. The molecule has 6 heteroatoms. The summed E-state index contributed by atoms with van der Waals surface area (Å²) in [5.74, 6) is 0. The van der Waals surface area contributed by atoms with Crippen LogP contribution in [0.25, 0.3) is 0 Å². The first kappa shape index (κ1) is 3.54. The molecule has 1 rings (SSSR count). The van der Waals surface area contributed by atoms with Crippen molar-refractivity contribution in [2.75, 3.05) is 0 Å². The van der Waals surface area contributed by atoms with Gasteiger partial charge in [-0.1, -0.05) is 0 Å². The fraction of sp³-hybridized carbons (Fsp3) is 0. The average molecular weight is 108 g/mol. The van der Waals surface area contributed by atoms with Crippen LogP contribution in [0.15, 0.2) is 4.52 Å². The van der Waals surface area contributed by atoms with Crippen LogP contribution >= 0.6 is 0 Å². The fourth-order valence-electron chi connectivity index (χ4n) is 0.0693. The molecule has 5 nitrogen and oxygen atoms in total. The van der Waals surface area contributed by atoms with Crippen LogP contribution < -0.4 is 0 Å². The monoisotopic (exact) mass is 108 g/mol. The maximum absolute atomic E-state index is 9.52. The van der Waals surface area contributed by atoms with Gasteiger partial charge in [-0.15, -0.1) is 8.42 Å². The second-order valence-corrected chi connectivity index (χ2v) is 2.14. The predicted octanol–water partition coefficient (Wildman–Crippen LogP) is -0.793. The van der Waals surface area contributed by atoms with Crippen LogP contribution in [-0.2, 0) is 10.2 Å². The Labute approximate surface area is 33.7 Å². The highest BCUT2D eigenvalue weighted by molar-refractivity contribution is 7.87. The highest BCUT2D eigenvalue weighted by atomic mass is 32.2. The van der Waals surface area contributed by atoms with E-state index in [1.54, 1.807) is 0 Å². The van der Waals surface area contributed by atoms with E-state index in [-0.39, 0.29) is 4.27 Å². The molecule has 0 spiro atoms. The van der Waals surface area contributed by atoms with Crippen LogP contribution in [0.1, 0.15) is 0 Å². The van der Waals surface area contributed by atoms with Gasteiger partial charge in [0.2, 0.25) is 0 Å². The normalized spacial score (nSPS) is 25.7. The third-order valence-corrected chi connectivity index (χ3v) is 1.03. The molecule has 34 valence electrons. The van der Waals surface area contributed by atoms with Gasteiger partial charge in [-0.05, 0) is 0 Å². The Hall–Kier alpha value is -0.650. The first-order chi connectivity index (χ1) is 2.63. The Morgan fingerprint density at radius 2 is 1.83 bits per heavy atom. The molecule has 0 saturated carbocycles. The van der Waals surface area contributed by atoms with E-state index >= 15 is 0 Å². The van der Waals surface area contributed by atoms with Crippen molar-refractivity contribution in [1.29, 1.82) is 0 Å². The third kappa shape index (κ3) is 0.265. The van der Waals surface area contributed by atoms with Crippen molar-refractivity contribution in [1.82, 2.24) is 0 Å². The van der Waals surface area contributed by atoms with Crippen molar-refractivity contribution in [3.8, 4) is 0 Å². The molecule has 0 aromatic rings. The number of nitrogens with zero attached hydrogens (tertiary/aromatic N) is 2. The molecular weight excluding hydrogens is 108 g/mol. The van der Waals surface area contributed by atoms with Crippen LogP contribution in [0.5, 0.6) is 0 Å². The Bertz CT molecular complexity index is 185. The zero-order chi connectivity index (χ0) is 4.78. The van der Waals surface area contributed by atoms with E-state index in [0.717, 1.165) is 0 Å². The Morgan fingerprint density at radius 1 is 1.67 bits per heavy atom. The van der Waals surface area contributed by atoms with Crippen molar-refractivity contribution >= 4 is 10.2 Å². The van der Waals surface area contributed by atoms with Crippen molar-refractivity contribution in [2.24, 2.45) is 4.52 Å². The molecule has 0 aromatic carbocycles. The first-order valence-electron chi connectivity index (χ1n) is 1.08. The van der Waals surface area contributed by atoms with Crippen molar-refractivity contribution in [2.45, 2.75) is 0 Å². The molecule has 0 N–H and O–H groups in total. The van der Waals surface area contributed by atoms with Gasteiger partial charge in [-0.2, -0.15) is 0 Å². The minimum absolute atomic E-state index is 0.340. The van der Waals surface area contributed by atoms with Gasteiger partial charge in [-0.25, -0.2) is 0 Å². The lowest BCUT2D eigenvalue weighted by Crippen LogP contribution is -1.80. The Morgan fingerprint density at radius 3 is 1.83 bits per heavy atom. The van der Waals surface area contributed by atoms with Crippen molar-refractivity contribution in [3.63, 3.8) is 0 Å². The van der Waals surface area contributed by atoms with E-state index in [2.05, 4.69) is 4.52 Å². The van der Waals surface area contributed by atoms with E-state index in [9.17, 15) is 13.6 Å². The summed E-state index contributed by atoms with van der Waals surface area (Å²) >= 11 is 0. The molecule has 0 aromatic heterocycles. The third-order valence-electron chi connectivity index (χ3n) is 0.343. The van der Waals surface area contributed by atoms with Crippen LogP contribution in [0, 0.1) is 5.21 Å².